The Hall–Kier alpha value is -2.66. The van der Waals surface area contributed by atoms with E-state index in [2.05, 4.69) is 20.6 Å². The number of pyridine rings is 1. The van der Waals surface area contributed by atoms with Crippen LogP contribution in [-0.4, -0.2) is 32.5 Å². The SMILES string of the molecule is Cn1cnc(C(=O)N[C@H]2CCC[C@@H](Nc3nc(Cl)c(C#N)cc3F)C2)c1. The van der Waals surface area contributed by atoms with Crippen LogP contribution in [0.4, 0.5) is 10.2 Å². The third kappa shape index (κ3) is 4.11. The van der Waals surface area contributed by atoms with Crippen molar-refractivity contribution >= 4 is 23.3 Å². The van der Waals surface area contributed by atoms with Gasteiger partial charge in [0.15, 0.2) is 11.6 Å². The highest BCUT2D eigenvalue weighted by Gasteiger charge is 2.25. The maximum Gasteiger partial charge on any atom is 0.271 e. The van der Waals surface area contributed by atoms with E-state index in [-0.39, 0.29) is 34.5 Å². The molecule has 1 saturated carbocycles. The molecule has 1 fully saturated rings. The number of hydrogen-bond donors (Lipinski definition) is 2. The van der Waals surface area contributed by atoms with Gasteiger partial charge in [-0.3, -0.25) is 4.79 Å². The van der Waals surface area contributed by atoms with Crippen LogP contribution in [0.15, 0.2) is 18.6 Å². The summed E-state index contributed by atoms with van der Waals surface area (Å²) in [4.78, 5) is 20.2. The third-order valence-electron chi connectivity index (χ3n) is 4.34. The summed E-state index contributed by atoms with van der Waals surface area (Å²) in [7, 11) is 1.80. The summed E-state index contributed by atoms with van der Waals surface area (Å²) in [5, 5.41) is 14.8. The van der Waals surface area contributed by atoms with Gasteiger partial charge < -0.3 is 15.2 Å². The number of nitriles is 1. The summed E-state index contributed by atoms with van der Waals surface area (Å²) >= 11 is 5.88. The largest absolute Gasteiger partial charge is 0.365 e. The number of halogens is 2. The van der Waals surface area contributed by atoms with Crippen molar-refractivity contribution in [1.29, 1.82) is 5.26 Å². The van der Waals surface area contributed by atoms with Crippen molar-refractivity contribution in [1.82, 2.24) is 19.9 Å². The van der Waals surface area contributed by atoms with E-state index >= 15 is 0 Å². The Bertz CT molecular complexity index is 861. The Balaban J connectivity index is 1.63. The highest BCUT2D eigenvalue weighted by molar-refractivity contribution is 6.30. The fraction of sp³-hybridized carbons (Fsp3) is 0.412. The van der Waals surface area contributed by atoms with E-state index in [0.717, 1.165) is 25.3 Å². The molecule has 2 heterocycles. The first-order valence-corrected chi connectivity index (χ1v) is 8.65. The summed E-state index contributed by atoms with van der Waals surface area (Å²) in [5.41, 5.74) is 0.369. The standard InChI is InChI=1S/C17H18ClFN6O/c1-25-8-14(21-9-25)17(26)23-12-4-2-3-11(6-12)22-16-13(19)5-10(7-20)15(18)24-16/h5,8-9,11-12H,2-4,6H2,1H3,(H,22,24)(H,23,26)/t11-,12+/m1/s1. The third-order valence-corrected chi connectivity index (χ3v) is 4.63. The first-order chi connectivity index (χ1) is 12.5. The zero-order valence-corrected chi connectivity index (χ0v) is 14.9. The average Bonchev–Trinajstić information content (AvgIpc) is 3.05. The number of nitrogens with one attached hydrogen (secondary N) is 2. The molecule has 1 aliphatic carbocycles. The lowest BCUT2D eigenvalue weighted by molar-refractivity contribution is 0.0921. The van der Waals surface area contributed by atoms with E-state index in [4.69, 9.17) is 16.9 Å². The minimum atomic E-state index is -0.620. The second-order valence-electron chi connectivity index (χ2n) is 6.37. The fourth-order valence-electron chi connectivity index (χ4n) is 3.08. The quantitative estimate of drug-likeness (QED) is 0.800. The van der Waals surface area contributed by atoms with Crippen molar-refractivity contribution in [2.45, 2.75) is 37.8 Å². The van der Waals surface area contributed by atoms with Crippen LogP contribution < -0.4 is 10.6 Å². The van der Waals surface area contributed by atoms with Gasteiger partial charge in [-0.25, -0.2) is 14.4 Å². The topological polar surface area (TPSA) is 95.6 Å². The molecule has 2 aromatic rings. The van der Waals surface area contributed by atoms with Gasteiger partial charge in [-0.2, -0.15) is 5.26 Å². The van der Waals surface area contributed by atoms with Crippen molar-refractivity contribution in [3.05, 3.63) is 40.8 Å². The van der Waals surface area contributed by atoms with Crippen LogP contribution in [0.3, 0.4) is 0 Å². The van der Waals surface area contributed by atoms with E-state index in [1.807, 2.05) is 0 Å². The number of anilines is 1. The molecule has 0 spiro atoms. The number of aromatic nitrogens is 3. The minimum Gasteiger partial charge on any atom is -0.365 e. The molecular weight excluding hydrogens is 359 g/mol. The molecule has 26 heavy (non-hydrogen) atoms. The maximum absolute atomic E-state index is 14.1. The first kappa shape index (κ1) is 18.1. The van der Waals surface area contributed by atoms with Crippen LogP contribution in [0.2, 0.25) is 5.15 Å². The van der Waals surface area contributed by atoms with Gasteiger partial charge in [-0.05, 0) is 31.7 Å². The van der Waals surface area contributed by atoms with E-state index in [1.165, 1.54) is 0 Å². The molecule has 0 unspecified atom stereocenters. The second kappa shape index (κ2) is 7.70. The van der Waals surface area contributed by atoms with Crippen LogP contribution >= 0.6 is 11.6 Å². The Morgan fingerprint density at radius 3 is 2.92 bits per heavy atom. The zero-order valence-electron chi connectivity index (χ0n) is 14.2. The Morgan fingerprint density at radius 2 is 2.23 bits per heavy atom. The van der Waals surface area contributed by atoms with Gasteiger partial charge >= 0.3 is 0 Å². The second-order valence-corrected chi connectivity index (χ2v) is 6.73. The number of aryl methyl sites for hydroxylation is 1. The number of carbonyl (C=O) groups is 1. The van der Waals surface area contributed by atoms with Gasteiger partial charge in [-0.15, -0.1) is 0 Å². The lowest BCUT2D eigenvalue weighted by atomic mass is 9.91. The molecule has 0 saturated heterocycles. The summed E-state index contributed by atoms with van der Waals surface area (Å²) in [6, 6.07) is 2.78. The molecule has 1 amide bonds. The number of hydrogen-bond acceptors (Lipinski definition) is 5. The van der Waals surface area contributed by atoms with E-state index in [1.54, 1.807) is 30.2 Å². The average molecular weight is 377 g/mol. The van der Waals surface area contributed by atoms with Crippen molar-refractivity contribution in [3.8, 4) is 6.07 Å². The van der Waals surface area contributed by atoms with Crippen LogP contribution in [0.1, 0.15) is 41.7 Å². The van der Waals surface area contributed by atoms with E-state index < -0.39 is 5.82 Å². The number of carbonyl (C=O) groups excluding carboxylic acids is 1. The predicted molar refractivity (Wildman–Crippen MR) is 94.3 cm³/mol. The minimum absolute atomic E-state index is 0.00105. The summed E-state index contributed by atoms with van der Waals surface area (Å²) in [6.07, 6.45) is 6.43. The van der Waals surface area contributed by atoms with Gasteiger partial charge in [0.05, 0.1) is 11.9 Å². The molecule has 7 nitrogen and oxygen atoms in total. The van der Waals surface area contributed by atoms with Gasteiger partial charge in [0.25, 0.3) is 5.91 Å². The number of imidazole rings is 1. The molecule has 0 radical (unpaired) electrons. The fourth-order valence-corrected chi connectivity index (χ4v) is 3.26. The number of rotatable bonds is 4. The zero-order chi connectivity index (χ0) is 18.7. The number of nitrogens with zero attached hydrogens (tertiary/aromatic N) is 4. The van der Waals surface area contributed by atoms with E-state index in [9.17, 15) is 9.18 Å². The summed E-state index contributed by atoms with van der Waals surface area (Å²) < 4.78 is 15.8. The van der Waals surface area contributed by atoms with Crippen molar-refractivity contribution < 1.29 is 9.18 Å². The van der Waals surface area contributed by atoms with Crippen LogP contribution in [0.5, 0.6) is 0 Å². The summed E-state index contributed by atoms with van der Waals surface area (Å²) in [6.45, 7) is 0. The Kier molecular flexibility index (Phi) is 5.38. The van der Waals surface area contributed by atoms with Crippen molar-refractivity contribution in [3.63, 3.8) is 0 Å². The van der Waals surface area contributed by atoms with Gasteiger partial charge in [0, 0.05) is 25.3 Å². The van der Waals surface area contributed by atoms with Crippen LogP contribution in [0.25, 0.3) is 0 Å². The van der Waals surface area contributed by atoms with E-state index in [0.29, 0.717) is 12.1 Å². The van der Waals surface area contributed by atoms with Crippen LogP contribution in [-0.2, 0) is 7.05 Å². The molecule has 0 bridgehead atoms. The molecule has 2 aromatic heterocycles. The molecule has 2 N–H and O–H groups in total. The highest BCUT2D eigenvalue weighted by Crippen LogP contribution is 2.25. The Labute approximate surface area is 155 Å². The molecule has 136 valence electrons. The molecular formula is C17H18ClFN6O. The Morgan fingerprint density at radius 1 is 1.46 bits per heavy atom. The van der Waals surface area contributed by atoms with Gasteiger partial charge in [0.2, 0.25) is 0 Å². The lowest BCUT2D eigenvalue weighted by Crippen LogP contribution is -2.42. The monoisotopic (exact) mass is 376 g/mol. The van der Waals surface area contributed by atoms with Crippen LogP contribution in [0, 0.1) is 17.1 Å². The first-order valence-electron chi connectivity index (χ1n) is 8.27. The predicted octanol–water partition coefficient (Wildman–Crippen LogP) is 2.63. The van der Waals surface area contributed by atoms with Crippen molar-refractivity contribution in [2.24, 2.45) is 7.05 Å². The van der Waals surface area contributed by atoms with Crippen molar-refractivity contribution in [2.75, 3.05) is 5.32 Å². The molecule has 1 aliphatic rings. The molecule has 3 rings (SSSR count). The summed E-state index contributed by atoms with van der Waals surface area (Å²) in [5.74, 6) is -0.816. The lowest BCUT2D eigenvalue weighted by Gasteiger charge is -2.30. The number of amides is 1. The van der Waals surface area contributed by atoms with Gasteiger partial charge in [0.1, 0.15) is 16.9 Å². The smallest absolute Gasteiger partial charge is 0.271 e. The highest BCUT2D eigenvalue weighted by atomic mass is 35.5. The molecule has 0 aromatic carbocycles. The molecule has 0 aliphatic heterocycles. The molecule has 2 atom stereocenters. The molecule has 9 heteroatoms. The van der Waals surface area contributed by atoms with Gasteiger partial charge in [-0.1, -0.05) is 11.6 Å². The normalized spacial score (nSPS) is 19.6. The maximum atomic E-state index is 14.1.